The minimum Gasteiger partial charge on any atom is -0.481 e. The molecule has 0 aromatic rings. The fourth-order valence-corrected chi connectivity index (χ4v) is 2.92. The first-order valence-electron chi connectivity index (χ1n) is 15.3. The fourth-order valence-electron chi connectivity index (χ4n) is 2.92. The van der Waals surface area contributed by atoms with Crippen LogP contribution in [0, 0.1) is 0 Å². The highest BCUT2D eigenvalue weighted by atomic mass is 16.6. The van der Waals surface area contributed by atoms with Crippen molar-refractivity contribution in [3.05, 3.63) is 24.7 Å². The van der Waals surface area contributed by atoms with E-state index in [9.17, 15) is 38.4 Å². The lowest BCUT2D eigenvalue weighted by Crippen LogP contribution is -2.11. The molecule has 0 rings (SSSR count). The lowest BCUT2D eigenvalue weighted by molar-refractivity contribution is -0.160. The molecule has 0 heterocycles. The summed E-state index contributed by atoms with van der Waals surface area (Å²) in [6.45, 7) is 6.57. The third-order valence-electron chi connectivity index (χ3n) is 5.17. The molecule has 0 saturated heterocycles. The molecule has 0 aliphatic heterocycles. The van der Waals surface area contributed by atoms with Crippen LogP contribution >= 0.6 is 0 Å². The molecule has 14 heteroatoms. The van der Waals surface area contributed by atoms with Crippen LogP contribution in [-0.4, -0.2) is 58.0 Å². The average molecular weight is 659 g/mol. The molecule has 46 heavy (non-hydrogen) atoms. The molecule has 0 bridgehead atoms. The Balaban J connectivity index is -0.000000653. The minimum absolute atomic E-state index is 0.0910. The highest BCUT2D eigenvalue weighted by Gasteiger charge is 2.11. The topological polar surface area (TPSA) is 214 Å². The van der Waals surface area contributed by atoms with Gasteiger partial charge in [0.25, 0.3) is 0 Å². The molecule has 262 valence electrons. The summed E-state index contributed by atoms with van der Waals surface area (Å²) in [4.78, 5) is 84.5. The Hall–Kier alpha value is -4.36. The van der Waals surface area contributed by atoms with Crippen molar-refractivity contribution in [1.82, 2.24) is 0 Å². The molecular formula is C32H50O14. The number of aliphatic carboxylic acids is 2. The Bertz CT molecular complexity index is 903. The zero-order valence-corrected chi connectivity index (χ0v) is 27.4. The molecule has 0 radical (unpaired) electrons. The van der Waals surface area contributed by atoms with Gasteiger partial charge in [-0.3, -0.25) is 38.4 Å². The number of unbranched alkanes of at least 4 members (excludes halogenated alkanes) is 8. The average Bonchev–Trinajstić information content (AvgIpc) is 2.97. The number of allylic oxidation sites excluding steroid dienone is 2. The molecule has 0 unspecified atom stereocenters. The van der Waals surface area contributed by atoms with E-state index in [1.54, 1.807) is 12.2 Å². The van der Waals surface area contributed by atoms with Gasteiger partial charge in [-0.15, -0.1) is 0 Å². The van der Waals surface area contributed by atoms with Crippen molar-refractivity contribution in [3.8, 4) is 0 Å². The second-order valence-electron chi connectivity index (χ2n) is 9.64. The van der Waals surface area contributed by atoms with Crippen molar-refractivity contribution in [2.45, 2.75) is 130 Å². The number of carbonyl (C=O) groups is 8. The zero-order chi connectivity index (χ0) is 35.6. The van der Waals surface area contributed by atoms with Crippen LogP contribution in [0.3, 0.4) is 0 Å². The van der Waals surface area contributed by atoms with E-state index in [1.807, 2.05) is 0 Å². The lowest BCUT2D eigenvalue weighted by Gasteiger charge is -1.99. The summed E-state index contributed by atoms with van der Waals surface area (Å²) in [5, 5.41) is 15.8. The SMILES string of the molecule is CCCCCCC=COC(=O)CCC(=O)OC(C)=O.CCCCCCC=COC(=O)CCC(=O)OC(C)=O.O=C(O)CCC(=O)O. The minimum atomic E-state index is -1.08. The maximum Gasteiger partial charge on any atom is 0.314 e. The van der Waals surface area contributed by atoms with E-state index < -0.39 is 47.8 Å². The predicted octanol–water partition coefficient (Wildman–Crippen LogP) is 5.70. The Kier molecular flexibility index (Phi) is 33.6. The van der Waals surface area contributed by atoms with Gasteiger partial charge in [-0.05, 0) is 37.8 Å². The van der Waals surface area contributed by atoms with Gasteiger partial charge in [-0.25, -0.2) is 0 Å². The van der Waals surface area contributed by atoms with Gasteiger partial charge < -0.3 is 29.2 Å². The van der Waals surface area contributed by atoms with E-state index >= 15 is 0 Å². The lowest BCUT2D eigenvalue weighted by atomic mass is 10.1. The van der Waals surface area contributed by atoms with E-state index in [2.05, 4.69) is 23.3 Å². The quantitative estimate of drug-likeness (QED) is 0.0497. The summed E-state index contributed by atoms with van der Waals surface area (Å²) in [6.07, 6.45) is 16.3. The van der Waals surface area contributed by atoms with Crippen LogP contribution in [-0.2, 0) is 57.3 Å². The van der Waals surface area contributed by atoms with E-state index in [0.29, 0.717) is 0 Å². The zero-order valence-electron chi connectivity index (χ0n) is 27.4. The normalized spacial score (nSPS) is 10.1. The summed E-state index contributed by atoms with van der Waals surface area (Å²) in [6, 6.07) is 0. The highest BCUT2D eigenvalue weighted by molar-refractivity contribution is 5.86. The Morgan fingerprint density at radius 3 is 1.09 bits per heavy atom. The first-order valence-corrected chi connectivity index (χ1v) is 15.3. The monoisotopic (exact) mass is 658 g/mol. The van der Waals surface area contributed by atoms with Gasteiger partial charge in [-0.1, -0.05) is 52.4 Å². The van der Waals surface area contributed by atoms with Gasteiger partial charge in [0, 0.05) is 13.8 Å². The summed E-state index contributed by atoms with van der Waals surface area (Å²) < 4.78 is 18.1. The van der Waals surface area contributed by atoms with Crippen molar-refractivity contribution in [2.24, 2.45) is 0 Å². The van der Waals surface area contributed by atoms with E-state index in [1.165, 1.54) is 51.0 Å². The van der Waals surface area contributed by atoms with Crippen LogP contribution in [0.25, 0.3) is 0 Å². The summed E-state index contributed by atoms with van der Waals surface area (Å²) in [5.41, 5.74) is 0. The predicted molar refractivity (Wildman–Crippen MR) is 165 cm³/mol. The Morgan fingerprint density at radius 1 is 0.478 bits per heavy atom. The molecule has 0 aliphatic carbocycles. The molecule has 14 nitrogen and oxygen atoms in total. The van der Waals surface area contributed by atoms with Crippen LogP contribution in [0.15, 0.2) is 24.7 Å². The van der Waals surface area contributed by atoms with E-state index in [4.69, 9.17) is 19.7 Å². The van der Waals surface area contributed by atoms with E-state index in [0.717, 1.165) is 39.5 Å². The van der Waals surface area contributed by atoms with Crippen LogP contribution in [0.1, 0.15) is 130 Å². The third-order valence-corrected chi connectivity index (χ3v) is 5.17. The number of carboxylic acids is 2. The largest absolute Gasteiger partial charge is 0.481 e. The number of hydrogen-bond donors (Lipinski definition) is 2. The summed E-state index contributed by atoms with van der Waals surface area (Å²) in [7, 11) is 0. The van der Waals surface area contributed by atoms with Gasteiger partial charge in [0.05, 0.1) is 51.0 Å². The molecule has 0 atom stereocenters. The van der Waals surface area contributed by atoms with Crippen molar-refractivity contribution in [1.29, 1.82) is 0 Å². The Labute approximate surface area is 270 Å². The smallest absolute Gasteiger partial charge is 0.314 e. The number of carbonyl (C=O) groups excluding carboxylic acids is 6. The van der Waals surface area contributed by atoms with E-state index in [-0.39, 0.29) is 38.5 Å². The van der Waals surface area contributed by atoms with Crippen LogP contribution in [0.5, 0.6) is 0 Å². The van der Waals surface area contributed by atoms with Crippen molar-refractivity contribution >= 4 is 47.8 Å². The molecular weight excluding hydrogens is 608 g/mol. The van der Waals surface area contributed by atoms with Crippen molar-refractivity contribution < 1.29 is 67.5 Å². The number of carboxylic acid groups (broad SMARTS) is 2. The van der Waals surface area contributed by atoms with Gasteiger partial charge in [0.2, 0.25) is 0 Å². The Morgan fingerprint density at radius 2 is 0.804 bits per heavy atom. The maximum absolute atomic E-state index is 11.2. The van der Waals surface area contributed by atoms with Crippen LogP contribution in [0.4, 0.5) is 0 Å². The number of ether oxygens (including phenoxy) is 4. The number of rotatable bonds is 21. The molecule has 0 aliphatic rings. The molecule has 0 amide bonds. The van der Waals surface area contributed by atoms with Crippen molar-refractivity contribution in [2.75, 3.05) is 0 Å². The second kappa shape index (κ2) is 33.5. The third kappa shape index (κ3) is 44.1. The number of hydrogen-bond acceptors (Lipinski definition) is 12. The van der Waals surface area contributed by atoms with Gasteiger partial charge in [0.15, 0.2) is 0 Å². The molecule has 0 saturated carbocycles. The molecule has 0 aromatic carbocycles. The highest BCUT2D eigenvalue weighted by Crippen LogP contribution is 2.05. The van der Waals surface area contributed by atoms with Crippen molar-refractivity contribution in [3.63, 3.8) is 0 Å². The fraction of sp³-hybridized carbons (Fsp3) is 0.625. The molecule has 0 aromatic heterocycles. The molecule has 0 fully saturated rings. The number of esters is 6. The van der Waals surface area contributed by atoms with Crippen LogP contribution in [0.2, 0.25) is 0 Å². The van der Waals surface area contributed by atoms with Gasteiger partial charge >= 0.3 is 47.8 Å². The molecule has 0 spiro atoms. The molecule has 2 N–H and O–H groups in total. The standard InChI is InChI=1S/2C14H22O5.C4H6O4/c2*1-3-4-5-6-7-8-11-18-13(16)9-10-14(17)19-12(2)15;5-3(6)1-2-4(7)8/h2*8,11H,3-7,9-10H2,1-2H3;1-2H2,(H,5,6)(H,7,8). The first-order chi connectivity index (χ1) is 21.7. The van der Waals surface area contributed by atoms with Crippen LogP contribution < -0.4 is 0 Å². The van der Waals surface area contributed by atoms with Gasteiger partial charge in [-0.2, -0.15) is 0 Å². The summed E-state index contributed by atoms with van der Waals surface area (Å²) in [5.74, 6) is -5.95. The maximum atomic E-state index is 11.2. The summed E-state index contributed by atoms with van der Waals surface area (Å²) >= 11 is 0. The van der Waals surface area contributed by atoms with Gasteiger partial charge in [0.1, 0.15) is 0 Å². The first kappa shape index (κ1) is 46.1. The second-order valence-corrected chi connectivity index (χ2v) is 9.64.